The van der Waals surface area contributed by atoms with Gasteiger partial charge in [0, 0.05) is 29.7 Å². The Hall–Kier alpha value is -2.73. The van der Waals surface area contributed by atoms with Gasteiger partial charge in [0.25, 0.3) is 5.91 Å². The normalized spacial score (nSPS) is 17.2. The summed E-state index contributed by atoms with van der Waals surface area (Å²) >= 11 is 0. The van der Waals surface area contributed by atoms with Crippen molar-refractivity contribution in [1.29, 1.82) is 0 Å². The van der Waals surface area contributed by atoms with Gasteiger partial charge in [-0.2, -0.15) is 0 Å². The number of fused-ring (bicyclic) bond motifs is 1. The summed E-state index contributed by atoms with van der Waals surface area (Å²) in [7, 11) is -3.44. The molecule has 1 aliphatic rings. The molecular formula is C22H22N2O3S. The molecule has 1 aliphatic heterocycles. The first kappa shape index (κ1) is 18.6. The summed E-state index contributed by atoms with van der Waals surface area (Å²) in [6.45, 7) is 2.57. The predicted molar refractivity (Wildman–Crippen MR) is 109 cm³/mol. The molecule has 0 radical (unpaired) electrons. The van der Waals surface area contributed by atoms with E-state index in [2.05, 4.69) is 4.98 Å². The maximum Gasteiger partial charge on any atom is 0.254 e. The van der Waals surface area contributed by atoms with Crippen molar-refractivity contribution in [3.8, 4) is 0 Å². The fraction of sp³-hybridized carbons (Fsp3) is 0.273. The van der Waals surface area contributed by atoms with Crippen LogP contribution in [0.3, 0.4) is 0 Å². The minimum atomic E-state index is -3.44. The second-order valence-corrected chi connectivity index (χ2v) is 9.28. The molecule has 1 aromatic heterocycles. The van der Waals surface area contributed by atoms with Crippen LogP contribution in [0.5, 0.6) is 0 Å². The van der Waals surface area contributed by atoms with Crippen molar-refractivity contribution >= 4 is 26.6 Å². The Morgan fingerprint density at radius 3 is 2.71 bits per heavy atom. The number of carbonyl (C=O) groups is 1. The molecule has 0 bridgehead atoms. The lowest BCUT2D eigenvalue weighted by molar-refractivity contribution is 0.0749. The second-order valence-electron chi connectivity index (χ2n) is 7.25. The first-order valence-corrected chi connectivity index (χ1v) is 11.0. The first-order chi connectivity index (χ1) is 13.5. The molecule has 4 rings (SSSR count). The molecule has 1 amide bonds. The number of carbonyl (C=O) groups excluding carboxylic acids is 1. The van der Waals surface area contributed by atoms with E-state index in [9.17, 15) is 13.2 Å². The standard InChI is InChI=1S/C22H22N2O3S/c1-16-11-12-23-21-10-9-17(14-20(16)21)22(25)24-13-5-6-18(24)15-28(26,27)19-7-3-2-4-8-19/h2-4,7-12,14,18H,5-6,13,15H2,1H3. The number of rotatable bonds is 4. The smallest absolute Gasteiger partial charge is 0.254 e. The third kappa shape index (κ3) is 3.52. The molecule has 0 aliphatic carbocycles. The lowest BCUT2D eigenvalue weighted by Crippen LogP contribution is -2.39. The van der Waals surface area contributed by atoms with Gasteiger partial charge in [0.15, 0.2) is 9.84 Å². The van der Waals surface area contributed by atoms with Gasteiger partial charge < -0.3 is 4.90 Å². The van der Waals surface area contributed by atoms with Crippen molar-refractivity contribution in [2.45, 2.75) is 30.7 Å². The number of nitrogens with zero attached hydrogens (tertiary/aromatic N) is 2. The zero-order valence-electron chi connectivity index (χ0n) is 15.7. The Morgan fingerprint density at radius 2 is 1.93 bits per heavy atom. The first-order valence-electron chi connectivity index (χ1n) is 9.40. The summed E-state index contributed by atoms with van der Waals surface area (Å²) in [5.74, 6) is -0.160. The molecule has 28 heavy (non-hydrogen) atoms. The third-order valence-electron chi connectivity index (χ3n) is 5.36. The van der Waals surface area contributed by atoms with Crippen LogP contribution >= 0.6 is 0 Å². The quantitative estimate of drug-likeness (QED) is 0.678. The summed E-state index contributed by atoms with van der Waals surface area (Å²) in [6.07, 6.45) is 3.27. The van der Waals surface area contributed by atoms with Crippen molar-refractivity contribution in [2.24, 2.45) is 0 Å². The molecular weight excluding hydrogens is 372 g/mol. The van der Waals surface area contributed by atoms with Gasteiger partial charge in [-0.3, -0.25) is 9.78 Å². The van der Waals surface area contributed by atoms with Gasteiger partial charge in [-0.1, -0.05) is 18.2 Å². The van der Waals surface area contributed by atoms with E-state index in [1.54, 1.807) is 47.5 Å². The second kappa shape index (κ2) is 7.36. The SMILES string of the molecule is Cc1ccnc2ccc(C(=O)N3CCCC3CS(=O)(=O)c3ccccc3)cc12. The van der Waals surface area contributed by atoms with Crippen molar-refractivity contribution in [3.05, 3.63) is 71.9 Å². The summed E-state index contributed by atoms with van der Waals surface area (Å²) in [5.41, 5.74) is 2.48. The molecule has 6 heteroatoms. The minimum absolute atomic E-state index is 0.0447. The summed E-state index contributed by atoms with van der Waals surface area (Å²) < 4.78 is 25.5. The van der Waals surface area contributed by atoms with E-state index in [0.717, 1.165) is 22.9 Å². The summed E-state index contributed by atoms with van der Waals surface area (Å²) in [4.78, 5) is 19.5. The van der Waals surface area contributed by atoms with E-state index < -0.39 is 9.84 Å². The van der Waals surface area contributed by atoms with Gasteiger partial charge in [0.2, 0.25) is 0 Å². The maximum atomic E-state index is 13.1. The molecule has 1 unspecified atom stereocenters. The number of sulfone groups is 1. The van der Waals surface area contributed by atoms with Crippen molar-refractivity contribution in [1.82, 2.24) is 9.88 Å². The zero-order valence-corrected chi connectivity index (χ0v) is 16.5. The molecule has 2 aromatic carbocycles. The molecule has 1 saturated heterocycles. The number of hydrogen-bond acceptors (Lipinski definition) is 4. The summed E-state index contributed by atoms with van der Waals surface area (Å²) in [6, 6.07) is 15.5. The van der Waals surface area contributed by atoms with Crippen LogP contribution in [0.25, 0.3) is 10.9 Å². The van der Waals surface area contributed by atoms with E-state index in [4.69, 9.17) is 0 Å². The van der Waals surface area contributed by atoms with Crippen molar-refractivity contribution < 1.29 is 13.2 Å². The van der Waals surface area contributed by atoms with Crippen molar-refractivity contribution in [3.63, 3.8) is 0 Å². The highest BCUT2D eigenvalue weighted by Crippen LogP contribution is 2.25. The van der Waals surface area contributed by atoms with Gasteiger partial charge in [0.05, 0.1) is 16.2 Å². The van der Waals surface area contributed by atoms with Crippen LogP contribution < -0.4 is 0 Å². The number of aromatic nitrogens is 1. The van der Waals surface area contributed by atoms with E-state index in [-0.39, 0.29) is 17.7 Å². The average Bonchev–Trinajstić information content (AvgIpc) is 3.15. The van der Waals surface area contributed by atoms with Crippen LogP contribution in [0.1, 0.15) is 28.8 Å². The molecule has 144 valence electrons. The Morgan fingerprint density at radius 1 is 1.14 bits per heavy atom. The van der Waals surface area contributed by atoms with Gasteiger partial charge in [0.1, 0.15) is 0 Å². The number of benzene rings is 2. The highest BCUT2D eigenvalue weighted by Gasteiger charge is 2.33. The van der Waals surface area contributed by atoms with Crippen LogP contribution in [0.2, 0.25) is 0 Å². The molecule has 1 atom stereocenters. The molecule has 0 spiro atoms. The van der Waals surface area contributed by atoms with Gasteiger partial charge in [-0.15, -0.1) is 0 Å². The monoisotopic (exact) mass is 394 g/mol. The Balaban J connectivity index is 1.60. The predicted octanol–water partition coefficient (Wildman–Crippen LogP) is 3.62. The average molecular weight is 394 g/mol. The van der Waals surface area contributed by atoms with Crippen LogP contribution in [0.15, 0.2) is 65.7 Å². The van der Waals surface area contributed by atoms with Gasteiger partial charge in [-0.05, 0) is 61.7 Å². The third-order valence-corrected chi connectivity index (χ3v) is 7.17. The Labute approximate surface area is 164 Å². The van der Waals surface area contributed by atoms with E-state index >= 15 is 0 Å². The lowest BCUT2D eigenvalue weighted by Gasteiger charge is -2.25. The highest BCUT2D eigenvalue weighted by atomic mass is 32.2. The fourth-order valence-electron chi connectivity index (χ4n) is 3.84. The van der Waals surface area contributed by atoms with E-state index in [1.807, 2.05) is 25.1 Å². The fourth-order valence-corrected chi connectivity index (χ4v) is 5.45. The minimum Gasteiger partial charge on any atom is -0.335 e. The van der Waals surface area contributed by atoms with E-state index in [0.29, 0.717) is 23.4 Å². The Bertz CT molecular complexity index is 1130. The molecule has 1 fully saturated rings. The molecule has 3 aromatic rings. The maximum absolute atomic E-state index is 13.1. The van der Waals surface area contributed by atoms with Crippen LogP contribution in [-0.2, 0) is 9.84 Å². The molecule has 2 heterocycles. The van der Waals surface area contributed by atoms with Crippen LogP contribution in [0, 0.1) is 6.92 Å². The number of aryl methyl sites for hydroxylation is 1. The Kier molecular flexibility index (Phi) is 4.89. The lowest BCUT2D eigenvalue weighted by atomic mass is 10.1. The van der Waals surface area contributed by atoms with Gasteiger partial charge in [-0.25, -0.2) is 8.42 Å². The van der Waals surface area contributed by atoms with E-state index in [1.165, 1.54) is 0 Å². The molecule has 0 N–H and O–H groups in total. The van der Waals surface area contributed by atoms with Crippen LogP contribution in [-0.4, -0.2) is 42.5 Å². The topological polar surface area (TPSA) is 67.3 Å². The number of pyridine rings is 1. The number of likely N-dealkylation sites (tertiary alicyclic amines) is 1. The molecule has 0 saturated carbocycles. The number of amides is 1. The highest BCUT2D eigenvalue weighted by molar-refractivity contribution is 7.91. The van der Waals surface area contributed by atoms with Crippen LogP contribution in [0.4, 0.5) is 0 Å². The largest absolute Gasteiger partial charge is 0.335 e. The molecule has 5 nitrogen and oxygen atoms in total. The zero-order chi connectivity index (χ0) is 19.7. The van der Waals surface area contributed by atoms with Gasteiger partial charge >= 0.3 is 0 Å². The van der Waals surface area contributed by atoms with Crippen molar-refractivity contribution in [2.75, 3.05) is 12.3 Å². The number of hydrogen-bond donors (Lipinski definition) is 0. The summed E-state index contributed by atoms with van der Waals surface area (Å²) in [5, 5.41) is 0.945.